The predicted molar refractivity (Wildman–Crippen MR) is 102 cm³/mol. The van der Waals surface area contributed by atoms with Crippen LogP contribution in [-0.2, 0) is 11.0 Å². The molecule has 0 atom stereocenters. The number of piperazine rings is 1. The Morgan fingerprint density at radius 1 is 1.07 bits per heavy atom. The Morgan fingerprint density at radius 3 is 2.39 bits per heavy atom. The second-order valence-corrected chi connectivity index (χ2v) is 6.70. The number of carbonyl (C=O) groups excluding carboxylic acids is 1. The summed E-state index contributed by atoms with van der Waals surface area (Å²) in [7, 11) is 2.09. The summed E-state index contributed by atoms with van der Waals surface area (Å²) in [6, 6.07) is 11.9. The standard InChI is InChI=1S/C20H22F3N3O2/c1-25-9-11-26(12-10-25)17-7-5-16(6-8-17)24-19(27)14-28-18-4-2-3-15(13-18)20(21,22)23/h2-8,13H,9-12,14H2,1H3,(H,24,27). The fraction of sp³-hybridized carbons (Fsp3) is 0.350. The van der Waals surface area contributed by atoms with Crippen LogP contribution in [0.25, 0.3) is 0 Å². The zero-order chi connectivity index (χ0) is 20.1. The summed E-state index contributed by atoms with van der Waals surface area (Å²) in [6.45, 7) is 3.54. The maximum Gasteiger partial charge on any atom is 0.416 e. The third-order valence-electron chi connectivity index (χ3n) is 4.55. The van der Waals surface area contributed by atoms with Gasteiger partial charge in [0.05, 0.1) is 5.56 Å². The summed E-state index contributed by atoms with van der Waals surface area (Å²) >= 11 is 0. The molecule has 5 nitrogen and oxygen atoms in total. The molecular weight excluding hydrogens is 371 g/mol. The maximum absolute atomic E-state index is 12.7. The minimum atomic E-state index is -4.45. The second kappa shape index (κ2) is 8.52. The van der Waals surface area contributed by atoms with Gasteiger partial charge >= 0.3 is 6.18 Å². The van der Waals surface area contributed by atoms with Crippen LogP contribution >= 0.6 is 0 Å². The zero-order valence-electron chi connectivity index (χ0n) is 15.5. The van der Waals surface area contributed by atoms with E-state index in [2.05, 4.69) is 22.2 Å². The highest BCUT2D eigenvalue weighted by atomic mass is 19.4. The third kappa shape index (κ3) is 5.39. The number of likely N-dealkylation sites (N-methyl/N-ethyl adjacent to an activating group) is 1. The summed E-state index contributed by atoms with van der Waals surface area (Å²) < 4.78 is 43.3. The van der Waals surface area contributed by atoms with E-state index in [0.717, 1.165) is 44.0 Å². The molecule has 3 rings (SSSR count). The molecule has 2 aromatic carbocycles. The lowest BCUT2D eigenvalue weighted by Crippen LogP contribution is -2.44. The van der Waals surface area contributed by atoms with Crippen molar-refractivity contribution < 1.29 is 22.7 Å². The Balaban J connectivity index is 1.51. The van der Waals surface area contributed by atoms with Gasteiger partial charge in [0, 0.05) is 37.6 Å². The van der Waals surface area contributed by atoms with Crippen molar-refractivity contribution in [3.63, 3.8) is 0 Å². The van der Waals surface area contributed by atoms with Crippen LogP contribution in [0.15, 0.2) is 48.5 Å². The van der Waals surface area contributed by atoms with Crippen molar-refractivity contribution in [3.05, 3.63) is 54.1 Å². The van der Waals surface area contributed by atoms with E-state index in [1.54, 1.807) is 12.1 Å². The molecule has 0 bridgehead atoms. The molecular formula is C20H22F3N3O2. The minimum Gasteiger partial charge on any atom is -0.484 e. The number of ether oxygens (including phenoxy) is 1. The first-order chi connectivity index (χ1) is 13.3. The molecule has 0 saturated carbocycles. The summed E-state index contributed by atoms with van der Waals surface area (Å²) in [5.74, 6) is -0.444. The number of benzene rings is 2. The van der Waals surface area contributed by atoms with Gasteiger partial charge in [-0.2, -0.15) is 13.2 Å². The van der Waals surface area contributed by atoms with Gasteiger partial charge in [-0.25, -0.2) is 0 Å². The van der Waals surface area contributed by atoms with Crippen molar-refractivity contribution in [2.75, 3.05) is 50.1 Å². The Bertz CT molecular complexity index is 801. The monoisotopic (exact) mass is 393 g/mol. The largest absolute Gasteiger partial charge is 0.484 e. The molecule has 1 fully saturated rings. The van der Waals surface area contributed by atoms with Crippen molar-refractivity contribution >= 4 is 17.3 Å². The van der Waals surface area contributed by atoms with Crippen LogP contribution in [0.1, 0.15) is 5.56 Å². The van der Waals surface area contributed by atoms with E-state index in [-0.39, 0.29) is 12.4 Å². The van der Waals surface area contributed by atoms with Crippen molar-refractivity contribution in [2.24, 2.45) is 0 Å². The minimum absolute atomic E-state index is 0.00427. The average molecular weight is 393 g/mol. The zero-order valence-corrected chi connectivity index (χ0v) is 15.5. The smallest absolute Gasteiger partial charge is 0.416 e. The Morgan fingerprint density at radius 2 is 1.75 bits per heavy atom. The molecule has 0 spiro atoms. The van der Waals surface area contributed by atoms with Gasteiger partial charge in [-0.15, -0.1) is 0 Å². The molecule has 0 aliphatic carbocycles. The number of nitrogens with zero attached hydrogens (tertiary/aromatic N) is 2. The fourth-order valence-electron chi connectivity index (χ4n) is 2.93. The lowest BCUT2D eigenvalue weighted by molar-refractivity contribution is -0.137. The molecule has 28 heavy (non-hydrogen) atoms. The lowest BCUT2D eigenvalue weighted by atomic mass is 10.2. The number of nitrogens with one attached hydrogen (secondary N) is 1. The van der Waals surface area contributed by atoms with E-state index < -0.39 is 17.6 Å². The quantitative estimate of drug-likeness (QED) is 0.845. The number of halogens is 3. The second-order valence-electron chi connectivity index (χ2n) is 6.70. The Hall–Kier alpha value is -2.74. The van der Waals surface area contributed by atoms with Gasteiger partial charge in [-0.1, -0.05) is 6.07 Å². The first-order valence-corrected chi connectivity index (χ1v) is 8.95. The number of hydrogen-bond donors (Lipinski definition) is 1. The molecule has 1 amide bonds. The van der Waals surface area contributed by atoms with Gasteiger partial charge in [0.2, 0.25) is 0 Å². The molecule has 0 radical (unpaired) electrons. The topological polar surface area (TPSA) is 44.8 Å². The number of hydrogen-bond acceptors (Lipinski definition) is 4. The van der Waals surface area contributed by atoms with E-state index in [4.69, 9.17) is 4.74 Å². The van der Waals surface area contributed by atoms with Crippen molar-refractivity contribution in [1.29, 1.82) is 0 Å². The highest BCUT2D eigenvalue weighted by molar-refractivity contribution is 5.92. The van der Waals surface area contributed by atoms with Gasteiger partial charge in [0.1, 0.15) is 5.75 Å². The summed E-state index contributed by atoms with van der Waals surface area (Å²) in [4.78, 5) is 16.6. The van der Waals surface area contributed by atoms with Gasteiger partial charge < -0.3 is 19.9 Å². The average Bonchev–Trinajstić information content (AvgIpc) is 2.67. The first-order valence-electron chi connectivity index (χ1n) is 8.95. The van der Waals surface area contributed by atoms with Gasteiger partial charge in [-0.05, 0) is 49.5 Å². The molecule has 2 aromatic rings. The molecule has 1 N–H and O–H groups in total. The Labute approximate surface area is 161 Å². The van der Waals surface area contributed by atoms with E-state index >= 15 is 0 Å². The summed E-state index contributed by atoms with van der Waals surface area (Å²) in [5, 5.41) is 2.68. The molecule has 1 aliphatic heterocycles. The van der Waals surface area contributed by atoms with Gasteiger partial charge in [0.25, 0.3) is 5.91 Å². The van der Waals surface area contributed by atoms with Gasteiger partial charge in [-0.3, -0.25) is 4.79 Å². The highest BCUT2D eigenvalue weighted by Gasteiger charge is 2.30. The van der Waals surface area contributed by atoms with Crippen LogP contribution < -0.4 is 15.0 Å². The summed E-state index contributed by atoms with van der Waals surface area (Å²) in [5.41, 5.74) is 0.881. The third-order valence-corrected chi connectivity index (χ3v) is 4.55. The molecule has 1 saturated heterocycles. The number of anilines is 2. The van der Waals surface area contributed by atoms with Crippen LogP contribution in [-0.4, -0.2) is 50.6 Å². The number of amides is 1. The number of alkyl halides is 3. The van der Waals surface area contributed by atoms with Crippen LogP contribution in [0.4, 0.5) is 24.5 Å². The molecule has 0 unspecified atom stereocenters. The first kappa shape index (κ1) is 20.0. The van der Waals surface area contributed by atoms with E-state index in [1.165, 1.54) is 12.1 Å². The van der Waals surface area contributed by atoms with Crippen molar-refractivity contribution in [2.45, 2.75) is 6.18 Å². The summed E-state index contributed by atoms with van der Waals surface area (Å²) in [6.07, 6.45) is -4.45. The van der Waals surface area contributed by atoms with Crippen LogP contribution in [0.2, 0.25) is 0 Å². The van der Waals surface area contributed by atoms with Crippen molar-refractivity contribution in [1.82, 2.24) is 4.90 Å². The SMILES string of the molecule is CN1CCN(c2ccc(NC(=O)COc3cccc(C(F)(F)F)c3)cc2)CC1. The molecule has 0 aromatic heterocycles. The van der Waals surface area contributed by atoms with Crippen LogP contribution in [0, 0.1) is 0 Å². The van der Waals surface area contributed by atoms with E-state index in [0.29, 0.717) is 5.69 Å². The Kier molecular flexibility index (Phi) is 6.08. The van der Waals surface area contributed by atoms with Gasteiger partial charge in [0.15, 0.2) is 6.61 Å². The molecule has 150 valence electrons. The van der Waals surface area contributed by atoms with Crippen LogP contribution in [0.5, 0.6) is 5.75 Å². The molecule has 1 aliphatic rings. The predicted octanol–water partition coefficient (Wildman–Crippen LogP) is 3.47. The molecule has 1 heterocycles. The van der Waals surface area contributed by atoms with E-state index in [1.807, 2.05) is 12.1 Å². The highest BCUT2D eigenvalue weighted by Crippen LogP contribution is 2.31. The van der Waals surface area contributed by atoms with Crippen LogP contribution in [0.3, 0.4) is 0 Å². The molecule has 8 heteroatoms. The fourth-order valence-corrected chi connectivity index (χ4v) is 2.93. The lowest BCUT2D eigenvalue weighted by Gasteiger charge is -2.34. The number of carbonyl (C=O) groups is 1. The van der Waals surface area contributed by atoms with Crippen molar-refractivity contribution in [3.8, 4) is 5.75 Å². The maximum atomic E-state index is 12.7. The normalized spacial score (nSPS) is 15.4. The van der Waals surface area contributed by atoms with E-state index in [9.17, 15) is 18.0 Å². The number of rotatable bonds is 5.